The average Bonchev–Trinajstić information content (AvgIpc) is 2.67. The molecular weight excluding hydrogens is 218 g/mol. The van der Waals surface area contributed by atoms with Gasteiger partial charge in [0.05, 0.1) is 12.6 Å². The van der Waals surface area contributed by atoms with Gasteiger partial charge in [0.2, 0.25) is 0 Å². The van der Waals surface area contributed by atoms with E-state index in [4.69, 9.17) is 5.11 Å². The largest absolute Gasteiger partial charge is 0.481 e. The number of nitrogens with zero attached hydrogens (tertiary/aromatic N) is 3. The third-order valence-corrected chi connectivity index (χ3v) is 3.66. The Morgan fingerprint density at radius 2 is 2.29 bits per heavy atom. The summed E-state index contributed by atoms with van der Waals surface area (Å²) < 4.78 is 1.95. The maximum Gasteiger partial charge on any atom is 0.304 e. The number of hydrogen-bond acceptors (Lipinski definition) is 3. The predicted molar refractivity (Wildman–Crippen MR) is 60.8 cm³/mol. The minimum atomic E-state index is -0.742. The van der Waals surface area contributed by atoms with Crippen LogP contribution in [0.4, 0.5) is 0 Å². The first-order valence-electron chi connectivity index (χ1n) is 5.71. The Labute approximate surface area is 98.1 Å². The maximum absolute atomic E-state index is 11.0. The molecule has 1 saturated carbocycles. The molecule has 0 aliphatic heterocycles. The van der Waals surface area contributed by atoms with Gasteiger partial charge < -0.3 is 9.51 Å². The molecule has 1 fully saturated rings. The first-order chi connectivity index (χ1) is 8.21. The highest BCUT2D eigenvalue weighted by molar-refractivity contribution is 5.69. The van der Waals surface area contributed by atoms with Crippen LogP contribution < -0.4 is 0 Å². The maximum atomic E-state index is 11.0. The number of aliphatic carboxylic acids is 1. The van der Waals surface area contributed by atoms with Gasteiger partial charge in [0, 0.05) is 29.7 Å². The third kappa shape index (κ3) is 1.50. The van der Waals surface area contributed by atoms with Gasteiger partial charge in [0.15, 0.2) is 5.65 Å². The fourth-order valence-corrected chi connectivity index (χ4v) is 2.65. The molecule has 2 aromatic rings. The summed E-state index contributed by atoms with van der Waals surface area (Å²) in [6.07, 6.45) is 10.2. The van der Waals surface area contributed by atoms with Crippen LogP contribution in [-0.4, -0.2) is 25.4 Å². The molecule has 2 aromatic heterocycles. The Kier molecular flexibility index (Phi) is 2.14. The quantitative estimate of drug-likeness (QED) is 0.871. The van der Waals surface area contributed by atoms with E-state index in [9.17, 15) is 4.79 Å². The molecular formula is C12H13N3O2. The zero-order valence-electron chi connectivity index (χ0n) is 9.33. The molecule has 0 unspecified atom stereocenters. The molecule has 17 heavy (non-hydrogen) atoms. The van der Waals surface area contributed by atoms with Crippen molar-refractivity contribution < 1.29 is 9.90 Å². The van der Waals surface area contributed by atoms with E-state index in [-0.39, 0.29) is 11.8 Å². The normalized spacial score (nSPS) is 17.9. The summed E-state index contributed by atoms with van der Waals surface area (Å²) in [7, 11) is 0. The monoisotopic (exact) mass is 231 g/mol. The molecule has 0 atom stereocenters. The molecule has 0 bridgehead atoms. The summed E-state index contributed by atoms with van der Waals surface area (Å²) in [5, 5.41) is 9.04. The fourth-order valence-electron chi connectivity index (χ4n) is 2.65. The molecule has 0 spiro atoms. The summed E-state index contributed by atoms with van der Waals surface area (Å²) in [6.45, 7) is 0. The predicted octanol–water partition coefficient (Wildman–Crippen LogP) is 1.63. The Hall–Kier alpha value is -1.91. The van der Waals surface area contributed by atoms with Gasteiger partial charge in [-0.05, 0) is 12.8 Å². The highest BCUT2D eigenvalue weighted by Gasteiger charge is 2.42. The van der Waals surface area contributed by atoms with Crippen LogP contribution in [0.1, 0.15) is 31.4 Å². The van der Waals surface area contributed by atoms with E-state index in [0.717, 1.165) is 30.6 Å². The number of carbonyl (C=O) groups is 1. The molecule has 2 heterocycles. The summed E-state index contributed by atoms with van der Waals surface area (Å²) >= 11 is 0. The zero-order valence-corrected chi connectivity index (χ0v) is 9.33. The fraction of sp³-hybridized carbons (Fsp3) is 0.417. The second-order valence-corrected chi connectivity index (χ2v) is 4.65. The van der Waals surface area contributed by atoms with Crippen molar-refractivity contribution in [2.75, 3.05) is 0 Å². The molecule has 1 N–H and O–H groups in total. The van der Waals surface area contributed by atoms with Crippen LogP contribution in [-0.2, 0) is 10.2 Å². The van der Waals surface area contributed by atoms with Crippen LogP contribution in [0.5, 0.6) is 0 Å². The second kappa shape index (κ2) is 3.55. The van der Waals surface area contributed by atoms with E-state index in [1.807, 2.05) is 10.6 Å². The highest BCUT2D eigenvalue weighted by atomic mass is 16.4. The minimum absolute atomic E-state index is 0.184. The number of carboxylic acid groups (broad SMARTS) is 1. The van der Waals surface area contributed by atoms with Gasteiger partial charge >= 0.3 is 5.97 Å². The summed E-state index contributed by atoms with van der Waals surface area (Å²) in [4.78, 5) is 19.3. The molecule has 0 radical (unpaired) electrons. The lowest BCUT2D eigenvalue weighted by Gasteiger charge is -2.40. The Morgan fingerprint density at radius 3 is 2.94 bits per heavy atom. The number of aromatic nitrogens is 3. The van der Waals surface area contributed by atoms with Crippen molar-refractivity contribution in [3.63, 3.8) is 0 Å². The van der Waals surface area contributed by atoms with E-state index < -0.39 is 5.97 Å². The minimum Gasteiger partial charge on any atom is -0.481 e. The van der Waals surface area contributed by atoms with Crippen LogP contribution in [0.25, 0.3) is 5.65 Å². The van der Waals surface area contributed by atoms with Crippen molar-refractivity contribution in [3.8, 4) is 0 Å². The lowest BCUT2D eigenvalue weighted by Crippen LogP contribution is -2.37. The van der Waals surface area contributed by atoms with Crippen LogP contribution in [0, 0.1) is 0 Å². The summed E-state index contributed by atoms with van der Waals surface area (Å²) in [5.41, 5.74) is 1.55. The van der Waals surface area contributed by atoms with Crippen LogP contribution >= 0.6 is 0 Å². The van der Waals surface area contributed by atoms with E-state index in [1.54, 1.807) is 18.6 Å². The molecule has 0 saturated heterocycles. The topological polar surface area (TPSA) is 67.5 Å². The number of rotatable bonds is 3. The highest BCUT2D eigenvalue weighted by Crippen LogP contribution is 2.46. The Morgan fingerprint density at radius 1 is 1.47 bits per heavy atom. The smallest absolute Gasteiger partial charge is 0.304 e. The van der Waals surface area contributed by atoms with E-state index in [1.165, 1.54) is 0 Å². The number of imidazole rings is 1. The summed E-state index contributed by atoms with van der Waals surface area (Å²) in [5.74, 6) is -0.742. The molecule has 88 valence electrons. The third-order valence-electron chi connectivity index (χ3n) is 3.66. The standard InChI is InChI=1S/C12H13N3O2/c16-11(17)6-12(2-1-3-12)9-7-14-10-8-13-4-5-15(9)10/h4-5,7-8H,1-3,6H2,(H,16,17). The zero-order chi connectivity index (χ0) is 11.9. The average molecular weight is 231 g/mol. The number of carboxylic acids is 1. The van der Waals surface area contributed by atoms with Gasteiger partial charge in [-0.25, -0.2) is 4.98 Å². The van der Waals surface area contributed by atoms with Gasteiger partial charge in [-0.1, -0.05) is 6.42 Å². The van der Waals surface area contributed by atoms with Crippen molar-refractivity contribution >= 4 is 11.6 Å². The first-order valence-corrected chi connectivity index (χ1v) is 5.71. The van der Waals surface area contributed by atoms with Gasteiger partial charge in [0.25, 0.3) is 0 Å². The van der Waals surface area contributed by atoms with E-state index >= 15 is 0 Å². The van der Waals surface area contributed by atoms with Gasteiger partial charge in [-0.3, -0.25) is 9.78 Å². The van der Waals surface area contributed by atoms with Gasteiger partial charge in [0.1, 0.15) is 0 Å². The molecule has 1 aliphatic carbocycles. The van der Waals surface area contributed by atoms with Crippen molar-refractivity contribution in [3.05, 3.63) is 30.5 Å². The van der Waals surface area contributed by atoms with Gasteiger partial charge in [-0.15, -0.1) is 0 Å². The second-order valence-electron chi connectivity index (χ2n) is 4.65. The number of hydrogen-bond donors (Lipinski definition) is 1. The van der Waals surface area contributed by atoms with Crippen LogP contribution in [0.15, 0.2) is 24.8 Å². The van der Waals surface area contributed by atoms with Crippen molar-refractivity contribution in [2.24, 2.45) is 0 Å². The van der Waals surface area contributed by atoms with Crippen molar-refractivity contribution in [2.45, 2.75) is 31.1 Å². The van der Waals surface area contributed by atoms with E-state index in [2.05, 4.69) is 9.97 Å². The van der Waals surface area contributed by atoms with Crippen LogP contribution in [0.2, 0.25) is 0 Å². The molecule has 1 aliphatic rings. The Bertz CT molecular complexity index is 572. The lowest BCUT2D eigenvalue weighted by molar-refractivity contribution is -0.139. The molecule has 0 aromatic carbocycles. The molecule has 3 rings (SSSR count). The van der Waals surface area contributed by atoms with Gasteiger partial charge in [-0.2, -0.15) is 0 Å². The molecule has 5 nitrogen and oxygen atoms in total. The van der Waals surface area contributed by atoms with Crippen molar-refractivity contribution in [1.82, 2.24) is 14.4 Å². The Balaban J connectivity index is 2.10. The summed E-state index contributed by atoms with van der Waals surface area (Å²) in [6, 6.07) is 0. The first kappa shape index (κ1) is 10.3. The SMILES string of the molecule is O=C(O)CC1(c2cnc3cnccn23)CCC1. The van der Waals surface area contributed by atoms with Crippen molar-refractivity contribution in [1.29, 1.82) is 0 Å². The van der Waals surface area contributed by atoms with E-state index in [0.29, 0.717) is 0 Å². The lowest BCUT2D eigenvalue weighted by atomic mass is 9.64. The number of fused-ring (bicyclic) bond motifs is 1. The molecule has 0 amide bonds. The molecule has 5 heteroatoms. The van der Waals surface area contributed by atoms with Crippen LogP contribution in [0.3, 0.4) is 0 Å².